The summed E-state index contributed by atoms with van der Waals surface area (Å²) in [6.07, 6.45) is 0.316. The molecule has 1 aromatic carbocycles. The van der Waals surface area contributed by atoms with Crippen LogP contribution in [0, 0.1) is 6.07 Å². The summed E-state index contributed by atoms with van der Waals surface area (Å²) < 4.78 is 17.0. The Balaban J connectivity index is 2.95. The molecule has 0 aliphatic carbocycles. The van der Waals surface area contributed by atoms with Gasteiger partial charge >= 0.3 is 0 Å². The first kappa shape index (κ1) is 14.7. The van der Waals surface area contributed by atoms with E-state index in [0.29, 0.717) is 11.5 Å². The summed E-state index contributed by atoms with van der Waals surface area (Å²) in [5.74, 6) is 2.05. The third-order valence-electron chi connectivity index (χ3n) is 1.89. The molecule has 0 aliphatic rings. The quantitative estimate of drug-likeness (QED) is 0.768. The van der Waals surface area contributed by atoms with Crippen LogP contribution >= 0.6 is 0 Å². The molecule has 101 valence electrons. The molecule has 0 unspecified atom stereocenters. The Bertz CT molecular complexity index is 301. The number of rotatable bonds is 6. The van der Waals surface area contributed by atoms with E-state index in [1.807, 2.05) is 53.7 Å². The van der Waals surface area contributed by atoms with Gasteiger partial charge in [-0.15, -0.1) is 0 Å². The van der Waals surface area contributed by atoms with Crippen molar-refractivity contribution in [1.29, 1.82) is 0 Å². The van der Waals surface area contributed by atoms with Crippen molar-refractivity contribution in [2.45, 2.75) is 59.9 Å². The van der Waals surface area contributed by atoms with Gasteiger partial charge in [0.1, 0.15) is 17.2 Å². The molecular weight excluding hydrogens is 228 g/mol. The normalized spacial score (nSPS) is 11.2. The van der Waals surface area contributed by atoms with Crippen molar-refractivity contribution in [3.63, 3.8) is 0 Å². The van der Waals surface area contributed by atoms with Gasteiger partial charge in [0.25, 0.3) is 0 Å². The summed E-state index contributed by atoms with van der Waals surface area (Å²) >= 11 is 0. The molecule has 0 bridgehead atoms. The van der Waals surface area contributed by atoms with Gasteiger partial charge in [0.15, 0.2) is 0 Å². The fraction of sp³-hybridized carbons (Fsp3) is 0.600. The largest absolute Gasteiger partial charge is 0.491 e. The van der Waals surface area contributed by atoms with Gasteiger partial charge < -0.3 is 14.2 Å². The molecule has 3 heteroatoms. The second-order valence-electron chi connectivity index (χ2n) is 5.04. The van der Waals surface area contributed by atoms with E-state index in [9.17, 15) is 0 Å². The summed E-state index contributed by atoms with van der Waals surface area (Å²) in [7, 11) is 0. The van der Waals surface area contributed by atoms with Crippen LogP contribution < -0.4 is 14.2 Å². The van der Waals surface area contributed by atoms with E-state index in [2.05, 4.69) is 6.07 Å². The van der Waals surface area contributed by atoms with Gasteiger partial charge in [0.2, 0.25) is 0 Å². The van der Waals surface area contributed by atoms with Gasteiger partial charge in [-0.2, -0.15) is 0 Å². The first-order valence-corrected chi connectivity index (χ1v) is 6.44. The van der Waals surface area contributed by atoms with Crippen molar-refractivity contribution in [1.82, 2.24) is 0 Å². The van der Waals surface area contributed by atoms with Gasteiger partial charge in [0, 0.05) is 12.1 Å². The Morgan fingerprint density at radius 2 is 1.11 bits per heavy atom. The van der Waals surface area contributed by atoms with Crippen LogP contribution in [0.15, 0.2) is 12.1 Å². The van der Waals surface area contributed by atoms with Crippen molar-refractivity contribution in [2.75, 3.05) is 0 Å². The molecule has 0 heterocycles. The van der Waals surface area contributed by atoms with Gasteiger partial charge in [-0.05, 0) is 41.5 Å². The molecule has 0 aliphatic heterocycles. The van der Waals surface area contributed by atoms with Crippen LogP contribution in [0.2, 0.25) is 0 Å². The highest BCUT2D eigenvalue weighted by Crippen LogP contribution is 2.29. The van der Waals surface area contributed by atoms with Crippen molar-refractivity contribution < 1.29 is 14.2 Å². The summed E-state index contributed by atoms with van der Waals surface area (Å²) in [5.41, 5.74) is 0. The van der Waals surface area contributed by atoms with E-state index in [1.165, 1.54) is 0 Å². The number of ether oxygens (including phenoxy) is 3. The van der Waals surface area contributed by atoms with Gasteiger partial charge in [-0.1, -0.05) is 0 Å². The summed E-state index contributed by atoms with van der Waals surface area (Å²) in [5, 5.41) is 0. The maximum absolute atomic E-state index is 5.68. The average Bonchev–Trinajstić information content (AvgIpc) is 2.12. The molecule has 1 radical (unpaired) electrons. The first-order chi connectivity index (χ1) is 8.36. The molecule has 1 rings (SSSR count). The maximum Gasteiger partial charge on any atom is 0.135 e. The minimum atomic E-state index is 0.0995. The minimum absolute atomic E-state index is 0.0995. The molecule has 0 saturated heterocycles. The molecule has 0 atom stereocenters. The Kier molecular flexibility index (Phi) is 5.32. The van der Waals surface area contributed by atoms with Gasteiger partial charge in [-0.25, -0.2) is 0 Å². The Morgan fingerprint density at radius 3 is 1.44 bits per heavy atom. The lowest BCUT2D eigenvalue weighted by molar-refractivity contribution is 0.215. The topological polar surface area (TPSA) is 27.7 Å². The molecule has 1 aromatic rings. The van der Waals surface area contributed by atoms with Crippen molar-refractivity contribution in [3.05, 3.63) is 18.2 Å². The predicted molar refractivity (Wildman–Crippen MR) is 72.6 cm³/mol. The first-order valence-electron chi connectivity index (χ1n) is 6.44. The second kappa shape index (κ2) is 6.53. The predicted octanol–water partition coefficient (Wildman–Crippen LogP) is 3.85. The molecule has 0 N–H and O–H groups in total. The van der Waals surface area contributed by atoms with Crippen LogP contribution in [-0.2, 0) is 0 Å². The van der Waals surface area contributed by atoms with Crippen LogP contribution in [-0.4, -0.2) is 18.3 Å². The number of benzene rings is 1. The number of hydrogen-bond acceptors (Lipinski definition) is 3. The Hall–Kier alpha value is -1.38. The van der Waals surface area contributed by atoms with E-state index in [-0.39, 0.29) is 18.3 Å². The summed E-state index contributed by atoms with van der Waals surface area (Å²) in [4.78, 5) is 0. The highest BCUT2D eigenvalue weighted by Gasteiger charge is 2.08. The van der Waals surface area contributed by atoms with Crippen LogP contribution in [0.25, 0.3) is 0 Å². The standard InChI is InChI=1S/C15H23O3/c1-10(2)16-13-7-14(17-11(3)4)9-15(8-13)18-12(5)6/h7-8,10-12H,1-6H3. The van der Waals surface area contributed by atoms with E-state index in [1.54, 1.807) is 0 Å². The lowest BCUT2D eigenvalue weighted by Gasteiger charge is -2.16. The molecule has 18 heavy (non-hydrogen) atoms. The molecule has 0 fully saturated rings. The monoisotopic (exact) mass is 251 g/mol. The SMILES string of the molecule is CC(C)Oc1[c]c(OC(C)C)cc(OC(C)C)c1. The fourth-order valence-corrected chi connectivity index (χ4v) is 1.47. The lowest BCUT2D eigenvalue weighted by atomic mass is 10.3. The van der Waals surface area contributed by atoms with Gasteiger partial charge in [0.05, 0.1) is 24.4 Å². The van der Waals surface area contributed by atoms with E-state index >= 15 is 0 Å². The molecule has 0 aromatic heterocycles. The van der Waals surface area contributed by atoms with Crippen LogP contribution in [0.5, 0.6) is 17.2 Å². The van der Waals surface area contributed by atoms with Gasteiger partial charge in [-0.3, -0.25) is 0 Å². The number of hydrogen-bond donors (Lipinski definition) is 0. The minimum Gasteiger partial charge on any atom is -0.491 e. The maximum atomic E-state index is 5.68. The average molecular weight is 251 g/mol. The van der Waals surface area contributed by atoms with E-state index < -0.39 is 0 Å². The second-order valence-corrected chi connectivity index (χ2v) is 5.04. The zero-order valence-corrected chi connectivity index (χ0v) is 12.1. The third-order valence-corrected chi connectivity index (χ3v) is 1.89. The summed E-state index contributed by atoms with van der Waals surface area (Å²) in [6, 6.07) is 6.78. The third kappa shape index (κ3) is 5.30. The van der Waals surface area contributed by atoms with Crippen LogP contribution in [0.1, 0.15) is 41.5 Å². The highest BCUT2D eigenvalue weighted by atomic mass is 16.5. The Morgan fingerprint density at radius 1 is 0.722 bits per heavy atom. The lowest BCUT2D eigenvalue weighted by Crippen LogP contribution is -2.10. The molecule has 0 amide bonds. The fourth-order valence-electron chi connectivity index (χ4n) is 1.47. The van der Waals surface area contributed by atoms with Crippen LogP contribution in [0.3, 0.4) is 0 Å². The smallest absolute Gasteiger partial charge is 0.135 e. The van der Waals surface area contributed by atoms with Crippen molar-refractivity contribution in [3.8, 4) is 17.2 Å². The molecular formula is C15H23O3. The van der Waals surface area contributed by atoms with Crippen LogP contribution in [0.4, 0.5) is 0 Å². The molecule has 0 saturated carbocycles. The molecule has 0 spiro atoms. The molecule has 3 nitrogen and oxygen atoms in total. The van der Waals surface area contributed by atoms with E-state index in [4.69, 9.17) is 14.2 Å². The zero-order chi connectivity index (χ0) is 13.7. The highest BCUT2D eigenvalue weighted by molar-refractivity contribution is 5.41. The van der Waals surface area contributed by atoms with Crippen molar-refractivity contribution in [2.24, 2.45) is 0 Å². The van der Waals surface area contributed by atoms with E-state index in [0.717, 1.165) is 5.75 Å². The van der Waals surface area contributed by atoms with Crippen molar-refractivity contribution >= 4 is 0 Å². The Labute approximate surface area is 110 Å². The summed E-state index contributed by atoms with van der Waals surface area (Å²) in [6.45, 7) is 11.9. The zero-order valence-electron chi connectivity index (χ0n) is 12.1.